The van der Waals surface area contributed by atoms with Crippen molar-refractivity contribution in [2.75, 3.05) is 0 Å². The lowest BCUT2D eigenvalue weighted by Crippen LogP contribution is -2.01. The minimum atomic E-state index is -0.631. The van der Waals surface area contributed by atoms with Gasteiger partial charge in [-0.15, -0.1) is 0 Å². The first kappa shape index (κ1) is 13.4. The van der Waals surface area contributed by atoms with E-state index >= 15 is 0 Å². The normalized spacial score (nSPS) is 10.5. The molecule has 0 fully saturated rings. The molecule has 0 aliphatic heterocycles. The Morgan fingerprint density at radius 2 is 2.05 bits per heavy atom. The van der Waals surface area contributed by atoms with E-state index in [1.807, 2.05) is 0 Å². The lowest BCUT2D eigenvalue weighted by molar-refractivity contribution is 0.412. The first-order valence-corrected chi connectivity index (χ1v) is 5.81. The lowest BCUT2D eigenvalue weighted by Gasteiger charge is -2.08. The SMILES string of the molecule is CCc1ncnc(Oc2ccc(CN)c(F)c2)c1F. The molecule has 2 N–H and O–H groups in total. The molecular formula is C13H13F2N3O. The quantitative estimate of drug-likeness (QED) is 0.923. The van der Waals surface area contributed by atoms with Gasteiger partial charge in [-0.1, -0.05) is 13.0 Å². The van der Waals surface area contributed by atoms with Gasteiger partial charge in [0.15, 0.2) is 0 Å². The van der Waals surface area contributed by atoms with Crippen molar-refractivity contribution in [3.8, 4) is 11.6 Å². The van der Waals surface area contributed by atoms with Crippen LogP contribution >= 0.6 is 0 Å². The van der Waals surface area contributed by atoms with Crippen molar-refractivity contribution >= 4 is 0 Å². The van der Waals surface area contributed by atoms with Crippen LogP contribution in [0.2, 0.25) is 0 Å². The first-order chi connectivity index (χ1) is 9.15. The van der Waals surface area contributed by atoms with Crippen molar-refractivity contribution < 1.29 is 13.5 Å². The van der Waals surface area contributed by atoms with Gasteiger partial charge in [0.05, 0.1) is 5.69 Å². The third-order valence-corrected chi connectivity index (χ3v) is 2.62. The van der Waals surface area contributed by atoms with Gasteiger partial charge in [-0.2, -0.15) is 9.37 Å². The van der Waals surface area contributed by atoms with Gasteiger partial charge in [0.1, 0.15) is 17.9 Å². The summed E-state index contributed by atoms with van der Waals surface area (Å²) in [6.07, 6.45) is 1.63. The van der Waals surface area contributed by atoms with Gasteiger partial charge in [0.25, 0.3) is 5.88 Å². The highest BCUT2D eigenvalue weighted by molar-refractivity contribution is 5.32. The number of nitrogens with zero attached hydrogens (tertiary/aromatic N) is 2. The third kappa shape index (κ3) is 2.85. The van der Waals surface area contributed by atoms with Crippen LogP contribution in [-0.2, 0) is 13.0 Å². The Balaban J connectivity index is 2.29. The lowest BCUT2D eigenvalue weighted by atomic mass is 10.2. The van der Waals surface area contributed by atoms with Crippen LogP contribution in [0.25, 0.3) is 0 Å². The Kier molecular flexibility index (Phi) is 4.01. The van der Waals surface area contributed by atoms with Gasteiger partial charge >= 0.3 is 0 Å². The van der Waals surface area contributed by atoms with Crippen LogP contribution in [0, 0.1) is 11.6 Å². The molecule has 0 atom stereocenters. The number of ether oxygens (including phenoxy) is 1. The Morgan fingerprint density at radius 3 is 2.68 bits per heavy atom. The van der Waals surface area contributed by atoms with Gasteiger partial charge < -0.3 is 10.5 Å². The minimum absolute atomic E-state index is 0.0912. The molecule has 0 aliphatic rings. The molecule has 1 heterocycles. The molecule has 6 heteroatoms. The number of aromatic nitrogens is 2. The largest absolute Gasteiger partial charge is 0.436 e. The molecule has 4 nitrogen and oxygen atoms in total. The molecule has 1 aromatic carbocycles. The van der Waals surface area contributed by atoms with E-state index in [1.165, 1.54) is 18.5 Å². The van der Waals surface area contributed by atoms with Gasteiger partial charge in [0, 0.05) is 18.2 Å². The van der Waals surface area contributed by atoms with Crippen molar-refractivity contribution in [3.63, 3.8) is 0 Å². The fraction of sp³-hybridized carbons (Fsp3) is 0.231. The monoisotopic (exact) mass is 265 g/mol. The molecule has 0 amide bonds. The zero-order valence-electron chi connectivity index (χ0n) is 10.4. The van der Waals surface area contributed by atoms with E-state index < -0.39 is 11.6 Å². The predicted molar refractivity (Wildman–Crippen MR) is 65.7 cm³/mol. The van der Waals surface area contributed by atoms with Crippen molar-refractivity contribution in [3.05, 3.63) is 47.4 Å². The summed E-state index contributed by atoms with van der Waals surface area (Å²) in [4.78, 5) is 7.49. The summed E-state index contributed by atoms with van der Waals surface area (Å²) in [6.45, 7) is 1.86. The van der Waals surface area contributed by atoms with E-state index in [-0.39, 0.29) is 23.9 Å². The van der Waals surface area contributed by atoms with E-state index in [0.717, 1.165) is 6.07 Å². The summed E-state index contributed by atoms with van der Waals surface area (Å²) < 4.78 is 32.6. The highest BCUT2D eigenvalue weighted by Crippen LogP contribution is 2.24. The molecule has 2 rings (SSSR count). The number of halogens is 2. The average molecular weight is 265 g/mol. The maximum Gasteiger partial charge on any atom is 0.259 e. The van der Waals surface area contributed by atoms with Crippen molar-refractivity contribution in [1.29, 1.82) is 0 Å². The number of aryl methyl sites for hydroxylation is 1. The Morgan fingerprint density at radius 1 is 1.26 bits per heavy atom. The summed E-state index contributed by atoms with van der Waals surface area (Å²) in [5, 5.41) is 0. The summed E-state index contributed by atoms with van der Waals surface area (Å²) in [5.41, 5.74) is 5.97. The van der Waals surface area contributed by atoms with E-state index in [2.05, 4.69) is 9.97 Å². The van der Waals surface area contributed by atoms with Crippen LogP contribution < -0.4 is 10.5 Å². The van der Waals surface area contributed by atoms with Crippen LogP contribution in [0.3, 0.4) is 0 Å². The van der Waals surface area contributed by atoms with E-state index in [0.29, 0.717) is 12.0 Å². The molecular weight excluding hydrogens is 252 g/mol. The summed E-state index contributed by atoms with van der Waals surface area (Å²) in [6, 6.07) is 4.15. The average Bonchev–Trinajstić information content (AvgIpc) is 2.41. The summed E-state index contributed by atoms with van der Waals surface area (Å²) >= 11 is 0. The second-order valence-electron chi connectivity index (χ2n) is 3.85. The maximum absolute atomic E-state index is 13.8. The standard InChI is InChI=1S/C13H13F2N3O/c1-2-11-12(15)13(18-7-17-11)19-9-4-3-8(6-16)10(14)5-9/h3-5,7H,2,6,16H2,1H3. The molecule has 0 saturated heterocycles. The summed E-state index contributed by atoms with van der Waals surface area (Å²) in [5.74, 6) is -1.18. The van der Waals surface area contributed by atoms with Crippen LogP contribution in [0.5, 0.6) is 11.6 Å². The second-order valence-corrected chi connectivity index (χ2v) is 3.85. The van der Waals surface area contributed by atoms with Gasteiger partial charge in [-0.05, 0) is 12.5 Å². The molecule has 0 bridgehead atoms. The van der Waals surface area contributed by atoms with Crippen LogP contribution in [0.1, 0.15) is 18.2 Å². The number of rotatable bonds is 4. The van der Waals surface area contributed by atoms with Crippen LogP contribution in [0.15, 0.2) is 24.5 Å². The van der Waals surface area contributed by atoms with E-state index in [4.69, 9.17) is 10.5 Å². The maximum atomic E-state index is 13.8. The zero-order valence-corrected chi connectivity index (χ0v) is 10.4. The van der Waals surface area contributed by atoms with Gasteiger partial charge in [-0.25, -0.2) is 9.37 Å². The van der Waals surface area contributed by atoms with Crippen molar-refractivity contribution in [1.82, 2.24) is 9.97 Å². The van der Waals surface area contributed by atoms with Gasteiger partial charge in [-0.3, -0.25) is 0 Å². The van der Waals surface area contributed by atoms with Crippen molar-refractivity contribution in [2.24, 2.45) is 5.73 Å². The predicted octanol–water partition coefficient (Wildman–Crippen LogP) is 2.57. The number of nitrogens with two attached hydrogens (primary N) is 1. The fourth-order valence-corrected chi connectivity index (χ4v) is 1.57. The van der Waals surface area contributed by atoms with Gasteiger partial charge in [0.2, 0.25) is 5.82 Å². The number of hydrogen-bond acceptors (Lipinski definition) is 4. The highest BCUT2D eigenvalue weighted by atomic mass is 19.1. The first-order valence-electron chi connectivity index (χ1n) is 5.81. The number of hydrogen-bond donors (Lipinski definition) is 1. The van der Waals surface area contributed by atoms with Crippen molar-refractivity contribution in [2.45, 2.75) is 19.9 Å². The Labute approximate surface area is 109 Å². The molecule has 1 aromatic heterocycles. The van der Waals surface area contributed by atoms with E-state index in [9.17, 15) is 8.78 Å². The Hall–Kier alpha value is -2.08. The minimum Gasteiger partial charge on any atom is -0.436 e. The molecule has 2 aromatic rings. The zero-order chi connectivity index (χ0) is 13.8. The topological polar surface area (TPSA) is 61.0 Å². The van der Waals surface area contributed by atoms with Crippen LogP contribution in [0.4, 0.5) is 8.78 Å². The smallest absolute Gasteiger partial charge is 0.259 e. The Bertz CT molecular complexity index is 590. The molecule has 0 unspecified atom stereocenters. The van der Waals surface area contributed by atoms with E-state index in [1.54, 1.807) is 6.92 Å². The van der Waals surface area contributed by atoms with Crippen LogP contribution in [-0.4, -0.2) is 9.97 Å². The fourth-order valence-electron chi connectivity index (χ4n) is 1.57. The number of benzene rings is 1. The molecule has 100 valence electrons. The molecule has 19 heavy (non-hydrogen) atoms. The third-order valence-electron chi connectivity index (χ3n) is 2.62. The molecule has 0 radical (unpaired) electrons. The summed E-state index contributed by atoms with van der Waals surface area (Å²) in [7, 11) is 0. The second kappa shape index (κ2) is 5.71. The molecule has 0 aliphatic carbocycles. The molecule has 0 saturated carbocycles. The highest BCUT2D eigenvalue weighted by Gasteiger charge is 2.12. The molecule has 0 spiro atoms.